The number of hydrogen-bond acceptors (Lipinski definition) is 5. The Morgan fingerprint density at radius 3 is 2.71 bits per heavy atom. The second kappa shape index (κ2) is 6.55. The summed E-state index contributed by atoms with van der Waals surface area (Å²) >= 11 is 1.59. The van der Waals surface area contributed by atoms with Gasteiger partial charge in [0, 0.05) is 28.7 Å². The van der Waals surface area contributed by atoms with Crippen LogP contribution in [0.1, 0.15) is 29.6 Å². The number of rotatable bonds is 6. The molecular formula is C14H19N3O2S2. The first-order valence-corrected chi connectivity index (χ1v) is 9.00. The van der Waals surface area contributed by atoms with Crippen LogP contribution in [0.2, 0.25) is 0 Å². The molecule has 0 saturated carbocycles. The summed E-state index contributed by atoms with van der Waals surface area (Å²) in [6.45, 7) is 6.40. The molecule has 0 amide bonds. The summed E-state index contributed by atoms with van der Waals surface area (Å²) in [5.41, 5.74) is 0.564. The molecule has 2 heterocycles. The van der Waals surface area contributed by atoms with Crippen LogP contribution in [0.3, 0.4) is 0 Å². The topological polar surface area (TPSA) is 71.1 Å². The number of aromatic nitrogens is 1. The third kappa shape index (κ3) is 3.81. The molecule has 5 nitrogen and oxygen atoms in total. The Morgan fingerprint density at radius 1 is 1.33 bits per heavy atom. The minimum atomic E-state index is -3.62. The fraction of sp³-hybridized carbons (Fsp3) is 0.357. The summed E-state index contributed by atoms with van der Waals surface area (Å²) in [5, 5.41) is 3.04. The van der Waals surface area contributed by atoms with Crippen molar-refractivity contribution in [2.24, 2.45) is 0 Å². The van der Waals surface area contributed by atoms with Crippen LogP contribution in [-0.4, -0.2) is 19.9 Å². The van der Waals surface area contributed by atoms with Crippen LogP contribution in [0, 0.1) is 6.92 Å². The van der Waals surface area contributed by atoms with Gasteiger partial charge >= 0.3 is 0 Å². The number of nitrogens with zero attached hydrogens (tertiary/aromatic N) is 1. The van der Waals surface area contributed by atoms with Crippen molar-refractivity contribution in [3.05, 3.63) is 40.3 Å². The largest absolute Gasteiger partial charge is 0.384 e. The molecule has 0 bridgehead atoms. The molecule has 0 radical (unpaired) electrons. The number of nitrogens with one attached hydrogen (secondary N) is 2. The second-order valence-corrected chi connectivity index (χ2v) is 7.70. The molecule has 2 rings (SSSR count). The van der Waals surface area contributed by atoms with E-state index in [4.69, 9.17) is 0 Å². The zero-order valence-corrected chi connectivity index (χ0v) is 13.9. The van der Waals surface area contributed by atoms with Gasteiger partial charge < -0.3 is 5.32 Å². The van der Waals surface area contributed by atoms with E-state index in [2.05, 4.69) is 15.0 Å². The van der Waals surface area contributed by atoms with Gasteiger partial charge in [0.25, 0.3) is 0 Å². The first-order valence-electron chi connectivity index (χ1n) is 6.70. The summed E-state index contributed by atoms with van der Waals surface area (Å²) in [6.07, 6.45) is 2.94. The fourth-order valence-corrected chi connectivity index (χ4v) is 4.27. The van der Waals surface area contributed by atoms with Gasteiger partial charge in [-0.25, -0.2) is 13.1 Å². The molecular weight excluding hydrogens is 306 g/mol. The average molecular weight is 325 g/mol. The first-order chi connectivity index (χ1) is 9.94. The molecule has 0 aliphatic rings. The van der Waals surface area contributed by atoms with E-state index in [-0.39, 0.29) is 10.9 Å². The van der Waals surface area contributed by atoms with Crippen molar-refractivity contribution in [1.29, 1.82) is 0 Å². The highest BCUT2D eigenvalue weighted by molar-refractivity contribution is 7.89. The van der Waals surface area contributed by atoms with Crippen molar-refractivity contribution in [3.63, 3.8) is 0 Å². The smallest absolute Gasteiger partial charge is 0.244 e. The van der Waals surface area contributed by atoms with Crippen LogP contribution in [0.25, 0.3) is 0 Å². The Labute approximate surface area is 129 Å². The number of anilines is 1. The van der Waals surface area contributed by atoms with Crippen molar-refractivity contribution in [2.45, 2.75) is 31.7 Å². The summed E-state index contributed by atoms with van der Waals surface area (Å²) in [7, 11) is -3.62. The van der Waals surface area contributed by atoms with E-state index in [9.17, 15) is 8.42 Å². The van der Waals surface area contributed by atoms with Gasteiger partial charge in [0.2, 0.25) is 10.0 Å². The van der Waals surface area contributed by atoms with Crippen LogP contribution in [-0.2, 0) is 10.0 Å². The third-order valence-corrected chi connectivity index (χ3v) is 5.71. The predicted octanol–water partition coefficient (Wildman–Crippen LogP) is 2.92. The van der Waals surface area contributed by atoms with Crippen LogP contribution < -0.4 is 10.0 Å². The van der Waals surface area contributed by atoms with Gasteiger partial charge in [0.05, 0.1) is 11.7 Å². The molecule has 7 heteroatoms. The summed E-state index contributed by atoms with van der Waals surface area (Å²) in [4.78, 5) is 6.24. The van der Waals surface area contributed by atoms with E-state index in [1.165, 1.54) is 6.20 Å². The normalized spacial score (nSPS) is 13.1. The molecule has 0 spiro atoms. The molecule has 0 fully saturated rings. The van der Waals surface area contributed by atoms with Crippen LogP contribution in [0.5, 0.6) is 0 Å². The van der Waals surface area contributed by atoms with Crippen molar-refractivity contribution in [3.8, 4) is 0 Å². The quantitative estimate of drug-likeness (QED) is 0.856. The van der Waals surface area contributed by atoms with Gasteiger partial charge in [-0.05, 0) is 39.0 Å². The van der Waals surface area contributed by atoms with E-state index in [1.54, 1.807) is 23.6 Å². The Morgan fingerprint density at radius 2 is 2.10 bits per heavy atom. The van der Waals surface area contributed by atoms with Gasteiger partial charge in [-0.3, -0.25) is 4.98 Å². The zero-order valence-electron chi connectivity index (χ0n) is 12.3. The van der Waals surface area contributed by atoms with Crippen molar-refractivity contribution >= 4 is 27.0 Å². The highest BCUT2D eigenvalue weighted by Crippen LogP contribution is 2.26. The Bertz CT molecular complexity index is 711. The Hall–Kier alpha value is -1.44. The number of pyridine rings is 1. The number of aryl methyl sites for hydroxylation is 1. The van der Waals surface area contributed by atoms with Gasteiger partial charge in [-0.15, -0.1) is 11.3 Å². The van der Waals surface area contributed by atoms with E-state index in [0.717, 1.165) is 9.75 Å². The van der Waals surface area contributed by atoms with Gasteiger partial charge in [0.15, 0.2) is 0 Å². The minimum Gasteiger partial charge on any atom is -0.384 e. The number of sulfonamides is 1. The second-order valence-electron chi connectivity index (χ2n) is 4.69. The highest BCUT2D eigenvalue weighted by atomic mass is 32.2. The molecule has 0 aromatic carbocycles. The lowest BCUT2D eigenvalue weighted by Gasteiger charge is -2.15. The lowest BCUT2D eigenvalue weighted by Crippen LogP contribution is -2.27. The first kappa shape index (κ1) is 15.9. The molecule has 1 unspecified atom stereocenters. The summed E-state index contributed by atoms with van der Waals surface area (Å²) in [5.74, 6) is 0. The maximum atomic E-state index is 12.5. The molecule has 0 saturated heterocycles. The molecule has 2 aromatic rings. The monoisotopic (exact) mass is 325 g/mol. The molecule has 0 aliphatic heterocycles. The van der Waals surface area contributed by atoms with E-state index < -0.39 is 10.0 Å². The van der Waals surface area contributed by atoms with Crippen molar-refractivity contribution < 1.29 is 8.42 Å². The zero-order chi connectivity index (χ0) is 15.5. The van der Waals surface area contributed by atoms with E-state index in [1.807, 2.05) is 32.9 Å². The van der Waals surface area contributed by atoms with Crippen molar-refractivity contribution in [2.75, 3.05) is 11.9 Å². The van der Waals surface area contributed by atoms with Gasteiger partial charge in [0.1, 0.15) is 4.90 Å². The van der Waals surface area contributed by atoms with Crippen LogP contribution in [0.4, 0.5) is 5.69 Å². The van der Waals surface area contributed by atoms with Crippen LogP contribution >= 0.6 is 11.3 Å². The van der Waals surface area contributed by atoms with Gasteiger partial charge in [-0.2, -0.15) is 0 Å². The van der Waals surface area contributed by atoms with Gasteiger partial charge in [-0.1, -0.05) is 0 Å². The standard InChI is InChI=1S/C14H19N3O2S2/c1-4-16-12-7-8-15-9-14(12)21(18,19)17-11(3)13-6-5-10(2)20-13/h5-9,11,17H,4H2,1-3H3,(H,15,16). The molecule has 21 heavy (non-hydrogen) atoms. The highest BCUT2D eigenvalue weighted by Gasteiger charge is 2.22. The molecule has 114 valence electrons. The molecule has 1 atom stereocenters. The number of thiophene rings is 1. The molecule has 2 aromatic heterocycles. The maximum Gasteiger partial charge on any atom is 0.244 e. The SMILES string of the molecule is CCNc1ccncc1S(=O)(=O)NC(C)c1ccc(C)s1. The summed E-state index contributed by atoms with van der Waals surface area (Å²) in [6, 6.07) is 5.32. The maximum absolute atomic E-state index is 12.5. The average Bonchev–Trinajstić information content (AvgIpc) is 2.86. The predicted molar refractivity (Wildman–Crippen MR) is 86.2 cm³/mol. The summed E-state index contributed by atoms with van der Waals surface area (Å²) < 4.78 is 27.8. The fourth-order valence-electron chi connectivity index (χ4n) is 1.97. The van der Waals surface area contributed by atoms with E-state index in [0.29, 0.717) is 12.2 Å². The lowest BCUT2D eigenvalue weighted by atomic mass is 10.3. The third-order valence-electron chi connectivity index (χ3n) is 2.96. The van der Waals surface area contributed by atoms with Crippen molar-refractivity contribution in [1.82, 2.24) is 9.71 Å². The van der Waals surface area contributed by atoms with E-state index >= 15 is 0 Å². The Balaban J connectivity index is 2.26. The Kier molecular flexibility index (Phi) is 4.97. The van der Waals surface area contributed by atoms with Crippen LogP contribution in [0.15, 0.2) is 35.5 Å². The number of hydrogen-bond donors (Lipinski definition) is 2. The lowest BCUT2D eigenvalue weighted by molar-refractivity contribution is 0.568. The molecule has 2 N–H and O–H groups in total. The molecule has 0 aliphatic carbocycles. The minimum absolute atomic E-state index is 0.173.